The number of rotatable bonds is 5. The fourth-order valence-corrected chi connectivity index (χ4v) is 4.61. The van der Waals surface area contributed by atoms with Gasteiger partial charge in [-0.15, -0.1) is 6.58 Å². The Labute approximate surface area is 149 Å². The van der Waals surface area contributed by atoms with Crippen LogP contribution in [0.15, 0.2) is 43.5 Å². The van der Waals surface area contributed by atoms with E-state index in [9.17, 15) is 9.18 Å². The van der Waals surface area contributed by atoms with Crippen molar-refractivity contribution in [1.82, 2.24) is 0 Å². The molecule has 1 aromatic carbocycles. The molecule has 2 saturated carbocycles. The summed E-state index contributed by atoms with van der Waals surface area (Å²) in [5, 5.41) is 0. The summed E-state index contributed by atoms with van der Waals surface area (Å²) in [5.74, 6) is 1.51. The van der Waals surface area contributed by atoms with Crippen molar-refractivity contribution in [3.8, 4) is 0 Å². The Morgan fingerprint density at radius 3 is 2.64 bits per heavy atom. The normalized spacial score (nSPS) is 28.7. The zero-order chi connectivity index (χ0) is 17.8. The summed E-state index contributed by atoms with van der Waals surface area (Å²) >= 11 is 0. The van der Waals surface area contributed by atoms with E-state index >= 15 is 0 Å². The van der Waals surface area contributed by atoms with E-state index in [1.165, 1.54) is 37.8 Å². The van der Waals surface area contributed by atoms with Gasteiger partial charge in [-0.25, -0.2) is 9.18 Å². The van der Waals surface area contributed by atoms with Gasteiger partial charge in [-0.05, 0) is 79.9 Å². The molecule has 3 rings (SSSR count). The van der Waals surface area contributed by atoms with Crippen LogP contribution in [0.4, 0.5) is 4.39 Å². The van der Waals surface area contributed by atoms with Crippen LogP contribution in [0.2, 0.25) is 0 Å². The highest BCUT2D eigenvalue weighted by Crippen LogP contribution is 2.47. The fraction of sp³-hybridized carbons (Fsp3) is 0.500. The lowest BCUT2D eigenvalue weighted by Gasteiger charge is -2.41. The van der Waals surface area contributed by atoms with Gasteiger partial charge in [0.2, 0.25) is 0 Å². The minimum absolute atomic E-state index is 0.00535. The van der Waals surface area contributed by atoms with Crippen LogP contribution in [0, 0.1) is 23.6 Å². The number of esters is 1. The maximum absolute atomic E-state index is 14.4. The van der Waals surface area contributed by atoms with Crippen molar-refractivity contribution in [2.75, 3.05) is 6.61 Å². The highest BCUT2D eigenvalue weighted by Gasteiger charge is 2.35. The number of allylic oxidation sites excluding steroid dienone is 1. The molecule has 0 spiro atoms. The molecule has 0 N–H and O–H groups in total. The second-order valence-electron chi connectivity index (χ2n) is 7.47. The first-order chi connectivity index (χ1) is 12.1. The van der Waals surface area contributed by atoms with E-state index in [1.807, 2.05) is 6.07 Å². The van der Waals surface area contributed by atoms with Crippen LogP contribution in [-0.2, 0) is 4.74 Å². The largest absolute Gasteiger partial charge is 0.458 e. The fourth-order valence-electron chi connectivity index (χ4n) is 4.61. The number of hydrogen-bond donors (Lipinski definition) is 0. The molecule has 0 aromatic heterocycles. The average molecular weight is 342 g/mol. The molecule has 134 valence electrons. The maximum Gasteiger partial charge on any atom is 0.341 e. The van der Waals surface area contributed by atoms with Crippen LogP contribution in [0.1, 0.15) is 60.4 Å². The van der Waals surface area contributed by atoms with Crippen molar-refractivity contribution in [1.29, 1.82) is 0 Å². The molecular formula is C22H27FO2. The monoisotopic (exact) mass is 342 g/mol. The number of carbonyl (C=O) groups is 1. The van der Waals surface area contributed by atoms with Crippen LogP contribution in [0.25, 0.3) is 0 Å². The highest BCUT2D eigenvalue weighted by atomic mass is 19.1. The lowest BCUT2D eigenvalue weighted by molar-refractivity contribution is 0.0544. The van der Waals surface area contributed by atoms with Gasteiger partial charge >= 0.3 is 5.97 Å². The summed E-state index contributed by atoms with van der Waals surface area (Å²) in [7, 11) is 0. The van der Waals surface area contributed by atoms with Crippen LogP contribution < -0.4 is 0 Å². The zero-order valence-corrected chi connectivity index (χ0v) is 14.8. The van der Waals surface area contributed by atoms with Gasteiger partial charge in [-0.3, -0.25) is 0 Å². The summed E-state index contributed by atoms with van der Waals surface area (Å²) in [4.78, 5) is 11.8. The van der Waals surface area contributed by atoms with E-state index in [0.717, 1.165) is 30.2 Å². The van der Waals surface area contributed by atoms with Gasteiger partial charge in [-0.2, -0.15) is 0 Å². The molecule has 2 fully saturated rings. The van der Waals surface area contributed by atoms with Crippen LogP contribution in [-0.4, -0.2) is 12.6 Å². The average Bonchev–Trinajstić information content (AvgIpc) is 2.65. The summed E-state index contributed by atoms with van der Waals surface area (Å²) in [5.41, 5.74) is 1.02. The molecule has 0 aliphatic heterocycles. The molecule has 2 nitrogen and oxygen atoms in total. The van der Waals surface area contributed by atoms with E-state index in [4.69, 9.17) is 4.74 Å². The quantitative estimate of drug-likeness (QED) is 0.510. The molecule has 1 aromatic rings. The minimum Gasteiger partial charge on any atom is -0.458 e. The van der Waals surface area contributed by atoms with Crippen molar-refractivity contribution in [2.24, 2.45) is 17.8 Å². The Morgan fingerprint density at radius 2 is 1.92 bits per heavy atom. The van der Waals surface area contributed by atoms with Gasteiger partial charge in [0.25, 0.3) is 0 Å². The maximum atomic E-state index is 14.4. The standard InChI is InChI=1S/C22H27FO2/c1-3-11-25-22(24)20-10-9-19(14-21(20)23)18-8-7-16-12-15(4-2)5-6-17(16)13-18/h3-4,9-10,14-18H,1-2,5-8,11-13H2/t15?,16-,17-,18-/m1/s1. The lowest BCUT2D eigenvalue weighted by atomic mass is 9.64. The number of benzene rings is 1. The van der Waals surface area contributed by atoms with E-state index in [1.54, 1.807) is 6.07 Å². The second-order valence-corrected chi connectivity index (χ2v) is 7.47. The minimum atomic E-state index is -0.629. The van der Waals surface area contributed by atoms with E-state index < -0.39 is 11.8 Å². The lowest BCUT2D eigenvalue weighted by Crippen LogP contribution is -2.30. The first-order valence-electron chi connectivity index (χ1n) is 9.32. The first-order valence-corrected chi connectivity index (χ1v) is 9.32. The molecule has 0 amide bonds. The predicted octanol–water partition coefficient (Wildman–Crippen LogP) is 5.65. The predicted molar refractivity (Wildman–Crippen MR) is 98.0 cm³/mol. The van der Waals surface area contributed by atoms with E-state index in [0.29, 0.717) is 11.8 Å². The van der Waals surface area contributed by atoms with Gasteiger partial charge in [0.1, 0.15) is 12.4 Å². The van der Waals surface area contributed by atoms with Crippen molar-refractivity contribution in [3.05, 3.63) is 60.5 Å². The number of hydrogen-bond acceptors (Lipinski definition) is 2. The molecule has 0 radical (unpaired) electrons. The Kier molecular flexibility index (Phi) is 5.72. The smallest absolute Gasteiger partial charge is 0.341 e. The summed E-state index contributed by atoms with van der Waals surface area (Å²) in [6.45, 7) is 7.54. The van der Waals surface area contributed by atoms with Crippen molar-refractivity contribution < 1.29 is 13.9 Å². The SMILES string of the molecule is C=CCOC(=O)c1ccc([C@@H]2CC[C@@H]3CC(C=C)CC[C@@H]3C2)cc1F. The van der Waals surface area contributed by atoms with Crippen molar-refractivity contribution >= 4 is 5.97 Å². The van der Waals surface area contributed by atoms with Gasteiger partial charge < -0.3 is 4.74 Å². The van der Waals surface area contributed by atoms with Crippen molar-refractivity contribution in [3.63, 3.8) is 0 Å². The van der Waals surface area contributed by atoms with Crippen LogP contribution in [0.5, 0.6) is 0 Å². The number of ether oxygens (including phenoxy) is 1. The second kappa shape index (κ2) is 7.99. The molecule has 2 aliphatic rings. The number of carbonyl (C=O) groups excluding carboxylic acids is 1. The summed E-state index contributed by atoms with van der Waals surface area (Å²) < 4.78 is 19.3. The third-order valence-electron chi connectivity index (χ3n) is 6.00. The Bertz CT molecular complexity index is 651. The molecule has 0 heterocycles. The van der Waals surface area contributed by atoms with Gasteiger partial charge in [-0.1, -0.05) is 24.8 Å². The van der Waals surface area contributed by atoms with Crippen LogP contribution in [0.3, 0.4) is 0 Å². The highest BCUT2D eigenvalue weighted by molar-refractivity contribution is 5.89. The van der Waals surface area contributed by atoms with Gasteiger partial charge in [0.05, 0.1) is 5.56 Å². The number of fused-ring (bicyclic) bond motifs is 1. The third kappa shape index (κ3) is 4.02. The molecule has 1 unspecified atom stereocenters. The van der Waals surface area contributed by atoms with Gasteiger partial charge in [0.15, 0.2) is 0 Å². The van der Waals surface area contributed by atoms with E-state index in [2.05, 4.69) is 19.2 Å². The molecule has 0 bridgehead atoms. The number of halogens is 1. The molecular weight excluding hydrogens is 315 g/mol. The topological polar surface area (TPSA) is 26.3 Å². The Balaban J connectivity index is 1.67. The zero-order valence-electron chi connectivity index (χ0n) is 14.8. The molecule has 4 atom stereocenters. The molecule has 3 heteroatoms. The first kappa shape index (κ1) is 17.9. The Hall–Kier alpha value is -1.90. The van der Waals surface area contributed by atoms with Gasteiger partial charge in [0, 0.05) is 0 Å². The van der Waals surface area contributed by atoms with Crippen molar-refractivity contribution in [2.45, 2.75) is 44.4 Å². The molecule has 2 aliphatic carbocycles. The van der Waals surface area contributed by atoms with Crippen LogP contribution >= 0.6 is 0 Å². The Morgan fingerprint density at radius 1 is 1.16 bits per heavy atom. The van der Waals surface area contributed by atoms with E-state index in [-0.39, 0.29) is 12.2 Å². The summed E-state index contributed by atoms with van der Waals surface area (Å²) in [6, 6.07) is 5.00. The molecule has 25 heavy (non-hydrogen) atoms. The third-order valence-corrected chi connectivity index (χ3v) is 6.00. The molecule has 0 saturated heterocycles. The summed E-state index contributed by atoms with van der Waals surface area (Å²) in [6.07, 6.45) is 10.8.